The molecule has 4 heterocycles. The number of ether oxygens (including phenoxy) is 4. The van der Waals surface area contributed by atoms with Gasteiger partial charge < -0.3 is 28.4 Å². The fraction of sp³-hybridized carbons (Fsp3) is 0.514. The molecule has 0 spiro atoms. The van der Waals surface area contributed by atoms with E-state index in [0.717, 1.165) is 75.7 Å². The maximum atomic E-state index is 11.3. The van der Waals surface area contributed by atoms with E-state index in [4.69, 9.17) is 18.9 Å². The highest BCUT2D eigenvalue weighted by atomic mass is 16.6. The summed E-state index contributed by atoms with van der Waals surface area (Å²) >= 11 is 0. The summed E-state index contributed by atoms with van der Waals surface area (Å²) in [5, 5.41) is 2.38. The van der Waals surface area contributed by atoms with Crippen LogP contribution in [0.3, 0.4) is 0 Å². The van der Waals surface area contributed by atoms with Crippen molar-refractivity contribution < 1.29 is 23.7 Å². The van der Waals surface area contributed by atoms with Gasteiger partial charge in [-0.05, 0) is 69.3 Å². The Morgan fingerprint density at radius 2 is 1.75 bits per heavy atom. The minimum atomic E-state index is -0.282. The van der Waals surface area contributed by atoms with Crippen LogP contribution in [0.1, 0.15) is 51.9 Å². The Kier molecular flexibility index (Phi) is 10.0. The number of nitrogens with zero attached hydrogens (tertiary/aromatic N) is 4. The minimum absolute atomic E-state index is 0.0582. The molecule has 234 valence electrons. The van der Waals surface area contributed by atoms with Crippen molar-refractivity contribution in [2.75, 3.05) is 39.5 Å². The van der Waals surface area contributed by atoms with Gasteiger partial charge >= 0.3 is 5.97 Å². The molecule has 1 saturated carbocycles. The molecule has 0 bridgehead atoms. The maximum Gasteiger partial charge on any atom is 0.332 e. The fourth-order valence-corrected chi connectivity index (χ4v) is 6.37. The summed E-state index contributed by atoms with van der Waals surface area (Å²) in [6, 6.07) is 12.7. The third kappa shape index (κ3) is 7.39. The number of hydrogen-bond donors (Lipinski definition) is 0. The van der Waals surface area contributed by atoms with Crippen LogP contribution < -0.4 is 4.74 Å². The van der Waals surface area contributed by atoms with Crippen LogP contribution >= 0.6 is 0 Å². The van der Waals surface area contributed by atoms with Crippen LogP contribution in [0, 0.1) is 0 Å². The molecule has 0 atom stereocenters. The van der Waals surface area contributed by atoms with Gasteiger partial charge in [-0.1, -0.05) is 12.1 Å². The van der Waals surface area contributed by atoms with E-state index in [-0.39, 0.29) is 24.8 Å². The largest absolute Gasteiger partial charge is 0.474 e. The first-order valence-corrected chi connectivity index (χ1v) is 16.1. The summed E-state index contributed by atoms with van der Waals surface area (Å²) < 4.78 is 25.0. The Morgan fingerprint density at radius 3 is 2.55 bits per heavy atom. The first-order valence-electron chi connectivity index (χ1n) is 16.1. The molecule has 2 aliphatic rings. The van der Waals surface area contributed by atoms with Gasteiger partial charge in [0.1, 0.15) is 12.7 Å². The lowest BCUT2D eigenvalue weighted by atomic mass is 9.91. The zero-order valence-electron chi connectivity index (χ0n) is 26.0. The normalized spacial score (nSPS) is 19.3. The average Bonchev–Trinajstić information content (AvgIpc) is 3.32. The van der Waals surface area contributed by atoms with E-state index in [0.29, 0.717) is 25.2 Å². The van der Waals surface area contributed by atoms with Crippen molar-refractivity contribution in [2.45, 2.75) is 70.2 Å². The van der Waals surface area contributed by atoms with E-state index >= 15 is 0 Å². The van der Waals surface area contributed by atoms with Crippen molar-refractivity contribution in [3.8, 4) is 17.0 Å². The Bertz CT molecular complexity index is 1520. The number of unbranched alkanes of at least 4 members (excludes halogenated alkanes) is 2. The minimum Gasteiger partial charge on any atom is -0.474 e. The van der Waals surface area contributed by atoms with Crippen molar-refractivity contribution in [2.24, 2.45) is 7.05 Å². The molecule has 0 N–H and O–H groups in total. The van der Waals surface area contributed by atoms with Gasteiger partial charge in [-0.3, -0.25) is 4.98 Å². The molecule has 1 aliphatic carbocycles. The fourth-order valence-electron chi connectivity index (χ4n) is 6.37. The highest BCUT2D eigenvalue weighted by molar-refractivity contribution is 6.08. The summed E-state index contributed by atoms with van der Waals surface area (Å²) in [6.45, 7) is 6.18. The number of carbonyl (C=O) groups excluding carboxylic acids is 1. The first kappa shape index (κ1) is 30.5. The third-order valence-electron chi connectivity index (χ3n) is 8.93. The zero-order valence-corrected chi connectivity index (χ0v) is 26.0. The van der Waals surface area contributed by atoms with Gasteiger partial charge in [-0.15, -0.1) is 0 Å². The number of hydrogen-bond acceptors (Lipinski definition) is 8. The van der Waals surface area contributed by atoms with E-state index < -0.39 is 0 Å². The second kappa shape index (κ2) is 14.5. The van der Waals surface area contributed by atoms with Gasteiger partial charge in [0.25, 0.3) is 0 Å². The molecule has 0 radical (unpaired) electrons. The summed E-state index contributed by atoms with van der Waals surface area (Å²) in [5.74, 6) is 0.392. The van der Waals surface area contributed by atoms with Crippen LogP contribution in [0.15, 0.2) is 55.0 Å². The van der Waals surface area contributed by atoms with E-state index in [1.807, 2.05) is 24.7 Å². The van der Waals surface area contributed by atoms with Crippen LogP contribution in [0.4, 0.5) is 0 Å². The Labute approximate surface area is 259 Å². The molecule has 1 saturated heterocycles. The van der Waals surface area contributed by atoms with Gasteiger partial charge in [0.15, 0.2) is 0 Å². The molecule has 9 nitrogen and oxygen atoms in total. The van der Waals surface area contributed by atoms with E-state index in [2.05, 4.69) is 56.8 Å². The molecular weight excluding hydrogens is 556 g/mol. The van der Waals surface area contributed by atoms with Gasteiger partial charge in [-0.2, -0.15) is 0 Å². The molecular formula is C35H44N4O5. The predicted molar refractivity (Wildman–Crippen MR) is 171 cm³/mol. The number of aryl methyl sites for hydroxylation is 1. The van der Waals surface area contributed by atoms with Crippen molar-refractivity contribution in [1.82, 2.24) is 19.4 Å². The summed E-state index contributed by atoms with van der Waals surface area (Å²) in [6.07, 6.45) is 13.8. The van der Waals surface area contributed by atoms with E-state index in [9.17, 15) is 4.79 Å². The number of aromatic nitrogens is 3. The quantitative estimate of drug-likeness (QED) is 0.130. The summed E-state index contributed by atoms with van der Waals surface area (Å²) in [4.78, 5) is 22.7. The van der Waals surface area contributed by atoms with Crippen LogP contribution in [-0.4, -0.2) is 83.2 Å². The Morgan fingerprint density at radius 1 is 0.909 bits per heavy atom. The number of rotatable bonds is 14. The monoisotopic (exact) mass is 600 g/mol. The van der Waals surface area contributed by atoms with Crippen LogP contribution in [-0.2, 0) is 26.1 Å². The van der Waals surface area contributed by atoms with Gasteiger partial charge in [0.2, 0.25) is 5.88 Å². The number of piperidine rings is 1. The molecule has 44 heavy (non-hydrogen) atoms. The SMILES string of the molecule is CCOC(=O)COCCCCCN1CCC(O[C@H]2C[C@H](Oc3ccc(-c4ccc5c6cnccc6n(C)c5c4)cn3)C2)CC1. The number of pyridine rings is 2. The lowest BCUT2D eigenvalue weighted by Gasteiger charge is -2.39. The van der Waals surface area contributed by atoms with Gasteiger partial charge in [-0.25, -0.2) is 9.78 Å². The molecule has 2 fully saturated rings. The maximum absolute atomic E-state index is 11.3. The molecule has 0 amide bonds. The summed E-state index contributed by atoms with van der Waals surface area (Å²) in [5.41, 5.74) is 4.57. The van der Waals surface area contributed by atoms with Gasteiger partial charge in [0.05, 0.1) is 24.3 Å². The van der Waals surface area contributed by atoms with E-state index in [1.165, 1.54) is 21.8 Å². The molecule has 3 aromatic heterocycles. The zero-order chi connectivity index (χ0) is 30.3. The molecule has 6 rings (SSSR count). The summed E-state index contributed by atoms with van der Waals surface area (Å²) in [7, 11) is 2.10. The molecule has 0 unspecified atom stereocenters. The predicted octanol–water partition coefficient (Wildman–Crippen LogP) is 5.93. The first-order chi connectivity index (χ1) is 21.6. The number of esters is 1. The highest BCUT2D eigenvalue weighted by Crippen LogP contribution is 2.33. The Hall–Kier alpha value is -3.53. The number of fused-ring (bicyclic) bond motifs is 3. The smallest absolute Gasteiger partial charge is 0.332 e. The number of benzene rings is 1. The van der Waals surface area contributed by atoms with Crippen LogP contribution in [0.5, 0.6) is 5.88 Å². The number of carbonyl (C=O) groups is 1. The van der Waals surface area contributed by atoms with Gasteiger partial charge in [0, 0.05) is 86.1 Å². The average molecular weight is 601 g/mol. The highest BCUT2D eigenvalue weighted by Gasteiger charge is 2.34. The van der Waals surface area contributed by atoms with Crippen LogP contribution in [0.2, 0.25) is 0 Å². The van der Waals surface area contributed by atoms with Crippen molar-refractivity contribution in [3.63, 3.8) is 0 Å². The van der Waals surface area contributed by atoms with Crippen molar-refractivity contribution in [1.29, 1.82) is 0 Å². The lowest BCUT2D eigenvalue weighted by Crippen LogP contribution is -2.44. The van der Waals surface area contributed by atoms with Crippen molar-refractivity contribution in [3.05, 3.63) is 55.0 Å². The second-order valence-corrected chi connectivity index (χ2v) is 12.0. The van der Waals surface area contributed by atoms with E-state index in [1.54, 1.807) is 6.92 Å². The topological polar surface area (TPSA) is 87.9 Å². The lowest BCUT2D eigenvalue weighted by molar-refractivity contribution is -0.148. The van der Waals surface area contributed by atoms with Crippen molar-refractivity contribution >= 4 is 27.8 Å². The molecule has 4 aromatic rings. The molecule has 1 aromatic carbocycles. The molecule has 1 aliphatic heterocycles. The third-order valence-corrected chi connectivity index (χ3v) is 8.93. The second-order valence-electron chi connectivity index (χ2n) is 12.0. The molecule has 9 heteroatoms. The van der Waals surface area contributed by atoms with Crippen LogP contribution in [0.25, 0.3) is 32.9 Å². The number of likely N-dealkylation sites (tertiary alicyclic amines) is 1. The Balaban J connectivity index is 0.869. The standard InChI is InChI=1S/C35H44N4O5/c1-3-42-35(40)24-41-18-6-4-5-15-39-16-12-27(13-17-39)43-28-20-29(21-28)44-34-10-8-26(22-37-34)25-7-9-30-31-23-36-14-11-32(31)38(2)33(30)19-25/h7-11,14,19,22-23,27-29H,3-6,12-13,15-18,20-21,24H2,1-2H3/t28-,29-.